The van der Waals surface area contributed by atoms with Gasteiger partial charge in [0, 0.05) is 0 Å². The molecule has 3 nitrogen and oxygen atoms in total. The highest BCUT2D eigenvalue weighted by Gasteiger charge is 2.17. The van der Waals surface area contributed by atoms with E-state index in [1.165, 1.54) is 24.0 Å². The third kappa shape index (κ3) is 1.94. The molecular weight excluding hydrogens is 200 g/mol. The first-order chi connectivity index (χ1) is 7.59. The van der Waals surface area contributed by atoms with Gasteiger partial charge in [-0.2, -0.15) is 0 Å². The van der Waals surface area contributed by atoms with E-state index in [-0.39, 0.29) is 5.56 Å². The standard InChI is InChI=1S/C13H18N2O/c1-8-6-4-5-7-11(8)12-9(2)14-10(3)15-13(12)16/h4-7H2,1-3H3,(H,14,15,16). The normalized spacial score (nSPS) is 16.7. The number of aryl methyl sites for hydroxylation is 2. The maximum Gasteiger partial charge on any atom is 0.258 e. The van der Waals surface area contributed by atoms with Crippen LogP contribution in [0.4, 0.5) is 0 Å². The number of hydrogen-bond acceptors (Lipinski definition) is 2. The topological polar surface area (TPSA) is 45.8 Å². The molecule has 3 heteroatoms. The van der Waals surface area contributed by atoms with Crippen molar-refractivity contribution in [2.24, 2.45) is 0 Å². The summed E-state index contributed by atoms with van der Waals surface area (Å²) >= 11 is 0. The second kappa shape index (κ2) is 4.24. The molecule has 0 amide bonds. The molecule has 1 heterocycles. The molecule has 0 saturated heterocycles. The van der Waals surface area contributed by atoms with Crippen LogP contribution in [0.25, 0.3) is 5.57 Å². The Morgan fingerprint density at radius 2 is 1.81 bits per heavy atom. The summed E-state index contributed by atoms with van der Waals surface area (Å²) in [7, 11) is 0. The maximum absolute atomic E-state index is 12.0. The van der Waals surface area contributed by atoms with E-state index in [4.69, 9.17) is 0 Å². The predicted octanol–water partition coefficient (Wildman–Crippen LogP) is 2.73. The molecule has 0 unspecified atom stereocenters. The lowest BCUT2D eigenvalue weighted by atomic mass is 9.88. The van der Waals surface area contributed by atoms with Crippen LogP contribution < -0.4 is 5.56 Å². The van der Waals surface area contributed by atoms with Crippen molar-refractivity contribution in [3.63, 3.8) is 0 Å². The van der Waals surface area contributed by atoms with Gasteiger partial charge in [-0.1, -0.05) is 5.57 Å². The van der Waals surface area contributed by atoms with E-state index >= 15 is 0 Å². The minimum Gasteiger partial charge on any atom is -0.310 e. The average Bonchev–Trinajstić information content (AvgIpc) is 2.19. The van der Waals surface area contributed by atoms with Gasteiger partial charge in [0.25, 0.3) is 5.56 Å². The van der Waals surface area contributed by atoms with E-state index in [2.05, 4.69) is 16.9 Å². The fraction of sp³-hybridized carbons (Fsp3) is 0.538. The molecule has 0 saturated carbocycles. The number of nitrogens with zero attached hydrogens (tertiary/aromatic N) is 1. The lowest BCUT2D eigenvalue weighted by Gasteiger charge is -2.18. The van der Waals surface area contributed by atoms with Crippen molar-refractivity contribution >= 4 is 5.57 Å². The summed E-state index contributed by atoms with van der Waals surface area (Å²) in [4.78, 5) is 19.1. The van der Waals surface area contributed by atoms with Crippen molar-refractivity contribution in [3.8, 4) is 0 Å². The SMILES string of the molecule is CC1=C(c2c(C)nc(C)[nH]c2=O)CCCC1. The molecule has 0 radical (unpaired) electrons. The largest absolute Gasteiger partial charge is 0.310 e. The van der Waals surface area contributed by atoms with Gasteiger partial charge in [0.1, 0.15) is 5.82 Å². The summed E-state index contributed by atoms with van der Waals surface area (Å²) in [5.74, 6) is 0.695. The van der Waals surface area contributed by atoms with Crippen molar-refractivity contribution < 1.29 is 0 Å². The highest BCUT2D eigenvalue weighted by atomic mass is 16.1. The van der Waals surface area contributed by atoms with Crippen LogP contribution in [0.5, 0.6) is 0 Å². The lowest BCUT2D eigenvalue weighted by molar-refractivity contribution is 0.712. The van der Waals surface area contributed by atoms with Gasteiger partial charge in [0.2, 0.25) is 0 Å². The van der Waals surface area contributed by atoms with Gasteiger partial charge < -0.3 is 4.98 Å². The average molecular weight is 218 g/mol. The number of rotatable bonds is 1. The summed E-state index contributed by atoms with van der Waals surface area (Å²) in [6.45, 7) is 5.87. The van der Waals surface area contributed by atoms with Gasteiger partial charge in [0.15, 0.2) is 0 Å². The number of aromatic nitrogens is 2. The molecule has 0 aliphatic heterocycles. The molecule has 1 aromatic rings. The van der Waals surface area contributed by atoms with Gasteiger partial charge >= 0.3 is 0 Å². The molecule has 0 atom stereocenters. The first-order valence-corrected chi connectivity index (χ1v) is 5.86. The molecule has 0 bridgehead atoms. The zero-order valence-corrected chi connectivity index (χ0v) is 10.2. The van der Waals surface area contributed by atoms with E-state index < -0.39 is 0 Å². The van der Waals surface area contributed by atoms with Crippen molar-refractivity contribution in [1.82, 2.24) is 9.97 Å². The molecule has 1 aromatic heterocycles. The van der Waals surface area contributed by atoms with Gasteiger partial charge in [-0.25, -0.2) is 4.98 Å². The van der Waals surface area contributed by atoms with Crippen molar-refractivity contribution in [2.75, 3.05) is 0 Å². The Balaban J connectivity index is 2.60. The number of allylic oxidation sites excluding steroid dienone is 2. The first-order valence-electron chi connectivity index (χ1n) is 5.86. The summed E-state index contributed by atoms with van der Waals surface area (Å²) < 4.78 is 0. The van der Waals surface area contributed by atoms with Gasteiger partial charge in [-0.3, -0.25) is 4.79 Å². The molecule has 86 valence electrons. The molecule has 1 aliphatic rings. The predicted molar refractivity (Wildman–Crippen MR) is 65.4 cm³/mol. The Kier molecular flexibility index (Phi) is 2.95. The van der Waals surface area contributed by atoms with Crippen LogP contribution >= 0.6 is 0 Å². The summed E-state index contributed by atoms with van der Waals surface area (Å²) in [6.07, 6.45) is 4.55. The summed E-state index contributed by atoms with van der Waals surface area (Å²) in [5.41, 5.74) is 4.25. The minimum atomic E-state index is 0.0150. The van der Waals surface area contributed by atoms with Crippen LogP contribution in [0.15, 0.2) is 10.4 Å². The Labute approximate surface area is 95.6 Å². The van der Waals surface area contributed by atoms with Crippen molar-refractivity contribution in [3.05, 3.63) is 33.0 Å². The van der Waals surface area contributed by atoms with Gasteiger partial charge in [0.05, 0.1) is 11.3 Å². The highest BCUT2D eigenvalue weighted by Crippen LogP contribution is 2.31. The molecule has 0 spiro atoms. The quantitative estimate of drug-likeness (QED) is 0.787. The summed E-state index contributed by atoms with van der Waals surface area (Å²) in [5, 5.41) is 0. The molecule has 0 fully saturated rings. The highest BCUT2D eigenvalue weighted by molar-refractivity contribution is 5.69. The number of aromatic amines is 1. The molecule has 1 aliphatic carbocycles. The molecule has 2 rings (SSSR count). The van der Waals surface area contributed by atoms with E-state index in [0.29, 0.717) is 5.82 Å². The van der Waals surface area contributed by atoms with Gasteiger partial charge in [-0.15, -0.1) is 0 Å². The van der Waals surface area contributed by atoms with E-state index in [1.54, 1.807) is 0 Å². The Morgan fingerprint density at radius 3 is 2.44 bits per heavy atom. The first kappa shape index (κ1) is 11.1. The number of nitrogens with one attached hydrogen (secondary N) is 1. The van der Waals surface area contributed by atoms with Crippen LogP contribution in [0.2, 0.25) is 0 Å². The fourth-order valence-corrected chi connectivity index (χ4v) is 2.48. The minimum absolute atomic E-state index is 0.0150. The van der Waals surface area contributed by atoms with Crippen LogP contribution in [0.3, 0.4) is 0 Å². The van der Waals surface area contributed by atoms with Crippen LogP contribution in [0.1, 0.15) is 49.7 Å². The van der Waals surface area contributed by atoms with E-state index in [1.807, 2.05) is 13.8 Å². The molecule has 0 aromatic carbocycles. The third-order valence-corrected chi connectivity index (χ3v) is 3.26. The van der Waals surface area contributed by atoms with E-state index in [0.717, 1.165) is 24.1 Å². The fourth-order valence-electron chi connectivity index (χ4n) is 2.48. The molecule has 1 N–H and O–H groups in total. The van der Waals surface area contributed by atoms with Crippen LogP contribution in [-0.4, -0.2) is 9.97 Å². The smallest absolute Gasteiger partial charge is 0.258 e. The van der Waals surface area contributed by atoms with Crippen LogP contribution in [0, 0.1) is 13.8 Å². The Bertz CT molecular complexity index is 497. The third-order valence-electron chi connectivity index (χ3n) is 3.26. The van der Waals surface area contributed by atoms with Crippen molar-refractivity contribution in [1.29, 1.82) is 0 Å². The summed E-state index contributed by atoms with van der Waals surface area (Å²) in [6, 6.07) is 0. The number of hydrogen-bond donors (Lipinski definition) is 1. The molecular formula is C13H18N2O. The lowest BCUT2D eigenvalue weighted by Crippen LogP contribution is -2.18. The Hall–Kier alpha value is -1.38. The second-order valence-electron chi connectivity index (χ2n) is 4.58. The van der Waals surface area contributed by atoms with Crippen molar-refractivity contribution in [2.45, 2.75) is 46.5 Å². The zero-order valence-electron chi connectivity index (χ0n) is 10.2. The zero-order chi connectivity index (χ0) is 11.7. The number of H-pyrrole nitrogens is 1. The monoisotopic (exact) mass is 218 g/mol. The second-order valence-corrected chi connectivity index (χ2v) is 4.58. The van der Waals surface area contributed by atoms with E-state index in [9.17, 15) is 4.79 Å². The van der Waals surface area contributed by atoms with Crippen LogP contribution in [-0.2, 0) is 0 Å². The van der Waals surface area contributed by atoms with Gasteiger partial charge in [-0.05, 0) is 52.0 Å². The molecule has 16 heavy (non-hydrogen) atoms. The maximum atomic E-state index is 12.0. The Morgan fingerprint density at radius 1 is 1.12 bits per heavy atom.